The summed E-state index contributed by atoms with van der Waals surface area (Å²) in [6, 6.07) is 3.95. The van der Waals surface area contributed by atoms with Crippen molar-refractivity contribution in [2.75, 3.05) is 13.2 Å². The summed E-state index contributed by atoms with van der Waals surface area (Å²) in [6.45, 7) is 3.39. The minimum absolute atomic E-state index is 0.0825. The molecule has 1 heterocycles. The fraction of sp³-hybridized carbons (Fsp3) is 0.417. The first-order valence-corrected chi connectivity index (χ1v) is 6.12. The number of amides is 1. The van der Waals surface area contributed by atoms with Crippen LogP contribution in [0.1, 0.15) is 27.9 Å². The van der Waals surface area contributed by atoms with Crippen LogP contribution in [0.15, 0.2) is 16.6 Å². The van der Waals surface area contributed by atoms with Crippen molar-refractivity contribution >= 4 is 21.8 Å². The highest BCUT2D eigenvalue weighted by molar-refractivity contribution is 9.10. The van der Waals surface area contributed by atoms with Crippen molar-refractivity contribution in [2.24, 2.45) is 0 Å². The zero-order valence-corrected chi connectivity index (χ0v) is 10.7. The number of hydrogen-bond donors (Lipinski definition) is 1. The zero-order chi connectivity index (χ0) is 11.7. The topological polar surface area (TPSA) is 40.5 Å². The lowest BCUT2D eigenvalue weighted by atomic mass is 10.1. The molecule has 0 aromatic heterocycles. The molecular formula is C12H14BrNO2. The lowest BCUT2D eigenvalue weighted by Gasteiger charge is -2.13. The standard InChI is InChI=1S/C12H14BrNO2/c1-8-5-10-9(6-11(8)13)7-14(12(10)16)3-2-4-15/h5-6,15H,2-4,7H2,1H3. The number of carbonyl (C=O) groups is 1. The molecule has 0 saturated carbocycles. The van der Waals surface area contributed by atoms with E-state index in [2.05, 4.69) is 15.9 Å². The molecule has 86 valence electrons. The SMILES string of the molecule is Cc1cc2c(cc1Br)CN(CCCO)C2=O. The number of benzene rings is 1. The van der Waals surface area contributed by atoms with Crippen LogP contribution in [0.5, 0.6) is 0 Å². The number of rotatable bonds is 3. The maximum atomic E-state index is 12.0. The highest BCUT2D eigenvalue weighted by Gasteiger charge is 2.27. The van der Waals surface area contributed by atoms with Gasteiger partial charge < -0.3 is 10.0 Å². The summed E-state index contributed by atoms with van der Waals surface area (Å²) in [7, 11) is 0. The van der Waals surface area contributed by atoms with Gasteiger partial charge in [-0.25, -0.2) is 0 Å². The molecule has 0 saturated heterocycles. The van der Waals surface area contributed by atoms with Crippen LogP contribution < -0.4 is 0 Å². The Morgan fingerprint density at radius 2 is 2.25 bits per heavy atom. The van der Waals surface area contributed by atoms with Crippen LogP contribution in [0.4, 0.5) is 0 Å². The molecule has 1 amide bonds. The predicted molar refractivity (Wildman–Crippen MR) is 65.3 cm³/mol. The van der Waals surface area contributed by atoms with Gasteiger partial charge in [0.15, 0.2) is 0 Å². The Kier molecular flexibility index (Phi) is 3.30. The first-order chi connectivity index (χ1) is 7.63. The van der Waals surface area contributed by atoms with Gasteiger partial charge in [-0.05, 0) is 36.6 Å². The van der Waals surface area contributed by atoms with E-state index in [0.717, 1.165) is 21.2 Å². The Morgan fingerprint density at radius 3 is 2.94 bits per heavy atom. The number of hydrogen-bond acceptors (Lipinski definition) is 2. The van der Waals surface area contributed by atoms with E-state index in [1.165, 1.54) is 0 Å². The number of carbonyl (C=O) groups excluding carboxylic acids is 1. The van der Waals surface area contributed by atoms with Crippen molar-refractivity contribution in [1.82, 2.24) is 4.90 Å². The quantitative estimate of drug-likeness (QED) is 0.923. The first kappa shape index (κ1) is 11.6. The Hall–Kier alpha value is -0.870. The molecule has 1 N–H and O–H groups in total. The van der Waals surface area contributed by atoms with E-state index in [9.17, 15) is 4.79 Å². The van der Waals surface area contributed by atoms with Crippen LogP contribution in [-0.4, -0.2) is 29.1 Å². The van der Waals surface area contributed by atoms with Crippen molar-refractivity contribution < 1.29 is 9.90 Å². The van der Waals surface area contributed by atoms with E-state index in [-0.39, 0.29) is 12.5 Å². The molecule has 0 unspecified atom stereocenters. The third-order valence-corrected chi connectivity index (χ3v) is 3.70. The Balaban J connectivity index is 2.24. The minimum Gasteiger partial charge on any atom is -0.396 e. The summed E-state index contributed by atoms with van der Waals surface area (Å²) in [5.41, 5.74) is 2.95. The highest BCUT2D eigenvalue weighted by atomic mass is 79.9. The predicted octanol–water partition coefficient (Wildman–Crippen LogP) is 2.10. The maximum Gasteiger partial charge on any atom is 0.254 e. The van der Waals surface area contributed by atoms with Crippen LogP contribution in [0.2, 0.25) is 0 Å². The number of halogens is 1. The van der Waals surface area contributed by atoms with Crippen molar-refractivity contribution in [3.63, 3.8) is 0 Å². The molecule has 0 spiro atoms. The smallest absolute Gasteiger partial charge is 0.254 e. The first-order valence-electron chi connectivity index (χ1n) is 5.32. The molecule has 1 aliphatic heterocycles. The van der Waals surface area contributed by atoms with E-state index >= 15 is 0 Å². The molecule has 0 radical (unpaired) electrons. The van der Waals surface area contributed by atoms with Gasteiger partial charge in [-0.15, -0.1) is 0 Å². The lowest BCUT2D eigenvalue weighted by Crippen LogP contribution is -2.25. The zero-order valence-electron chi connectivity index (χ0n) is 9.16. The Labute approximate surface area is 103 Å². The van der Waals surface area contributed by atoms with Gasteiger partial charge >= 0.3 is 0 Å². The molecule has 0 aliphatic carbocycles. The second-order valence-corrected chi connectivity index (χ2v) is 4.92. The molecule has 1 aromatic carbocycles. The normalized spacial score (nSPS) is 14.4. The van der Waals surface area contributed by atoms with Crippen molar-refractivity contribution in [3.8, 4) is 0 Å². The molecule has 1 aliphatic rings. The molecule has 0 atom stereocenters. The van der Waals surface area contributed by atoms with E-state index < -0.39 is 0 Å². The third kappa shape index (κ3) is 1.99. The molecule has 0 bridgehead atoms. The number of aliphatic hydroxyl groups excluding tert-OH is 1. The highest BCUT2D eigenvalue weighted by Crippen LogP contribution is 2.28. The number of fused-ring (bicyclic) bond motifs is 1. The minimum atomic E-state index is 0.0825. The second-order valence-electron chi connectivity index (χ2n) is 4.06. The van der Waals surface area contributed by atoms with Crippen molar-refractivity contribution in [2.45, 2.75) is 19.9 Å². The van der Waals surface area contributed by atoms with Gasteiger partial charge in [0, 0.05) is 29.7 Å². The number of nitrogens with zero attached hydrogens (tertiary/aromatic N) is 1. The van der Waals surface area contributed by atoms with Crippen molar-refractivity contribution in [1.29, 1.82) is 0 Å². The summed E-state index contributed by atoms with van der Waals surface area (Å²) < 4.78 is 1.04. The fourth-order valence-corrected chi connectivity index (χ4v) is 2.33. The summed E-state index contributed by atoms with van der Waals surface area (Å²) in [5, 5.41) is 8.77. The van der Waals surface area contributed by atoms with Crippen molar-refractivity contribution in [3.05, 3.63) is 33.3 Å². The molecule has 1 aromatic rings. The van der Waals surface area contributed by atoms with Gasteiger partial charge in [0.05, 0.1) is 0 Å². The van der Waals surface area contributed by atoms with E-state index in [4.69, 9.17) is 5.11 Å². The van der Waals surface area contributed by atoms with Gasteiger partial charge in [0.25, 0.3) is 5.91 Å². The Morgan fingerprint density at radius 1 is 1.50 bits per heavy atom. The molecule has 16 heavy (non-hydrogen) atoms. The molecule has 0 fully saturated rings. The summed E-state index contributed by atoms with van der Waals surface area (Å²) in [6.07, 6.45) is 0.639. The molecular weight excluding hydrogens is 270 g/mol. The lowest BCUT2D eigenvalue weighted by molar-refractivity contribution is 0.0768. The molecule has 3 nitrogen and oxygen atoms in total. The van der Waals surface area contributed by atoms with Crippen LogP contribution in [0.25, 0.3) is 0 Å². The van der Waals surface area contributed by atoms with E-state index in [0.29, 0.717) is 19.5 Å². The maximum absolute atomic E-state index is 12.0. The largest absolute Gasteiger partial charge is 0.396 e. The van der Waals surface area contributed by atoms with Gasteiger partial charge in [0.2, 0.25) is 0 Å². The monoisotopic (exact) mass is 283 g/mol. The van der Waals surface area contributed by atoms with Crippen LogP contribution >= 0.6 is 15.9 Å². The van der Waals surface area contributed by atoms with E-state index in [1.807, 2.05) is 19.1 Å². The van der Waals surface area contributed by atoms with Gasteiger partial charge in [0.1, 0.15) is 0 Å². The van der Waals surface area contributed by atoms with Crippen LogP contribution in [0, 0.1) is 6.92 Å². The van der Waals surface area contributed by atoms with Gasteiger partial charge in [-0.2, -0.15) is 0 Å². The third-order valence-electron chi connectivity index (χ3n) is 2.85. The molecule has 4 heteroatoms. The van der Waals surface area contributed by atoms with Gasteiger partial charge in [-0.3, -0.25) is 4.79 Å². The fourth-order valence-electron chi connectivity index (χ4n) is 1.94. The molecule has 2 rings (SSSR count). The summed E-state index contributed by atoms with van der Waals surface area (Å²) in [5.74, 6) is 0.0825. The van der Waals surface area contributed by atoms with E-state index in [1.54, 1.807) is 4.90 Å². The summed E-state index contributed by atoms with van der Waals surface area (Å²) >= 11 is 3.47. The number of aliphatic hydroxyl groups is 1. The summed E-state index contributed by atoms with van der Waals surface area (Å²) in [4.78, 5) is 13.8. The Bertz CT molecular complexity index is 431. The van der Waals surface area contributed by atoms with Crippen LogP contribution in [-0.2, 0) is 6.54 Å². The second kappa shape index (κ2) is 4.55. The average Bonchev–Trinajstić information content (AvgIpc) is 2.54. The average molecular weight is 284 g/mol. The van der Waals surface area contributed by atoms with Crippen LogP contribution in [0.3, 0.4) is 0 Å². The number of aryl methyl sites for hydroxylation is 1. The van der Waals surface area contributed by atoms with Gasteiger partial charge in [-0.1, -0.05) is 15.9 Å².